The van der Waals surface area contributed by atoms with Crippen LogP contribution in [0.15, 0.2) is 97.1 Å². The average molecular weight is 591 g/mol. The van der Waals surface area contributed by atoms with Gasteiger partial charge in [-0.3, -0.25) is 4.55 Å². The van der Waals surface area contributed by atoms with Crippen LogP contribution < -0.4 is 14.2 Å². The Kier molecular flexibility index (Phi) is 8.94. The Morgan fingerprint density at radius 1 is 0.619 bits per heavy atom. The molecule has 0 radical (unpaired) electrons. The van der Waals surface area contributed by atoms with Gasteiger partial charge in [-0.15, -0.1) is 0 Å². The highest BCUT2D eigenvalue weighted by Gasteiger charge is 2.25. The van der Waals surface area contributed by atoms with Gasteiger partial charge in [0.2, 0.25) is 0 Å². The Morgan fingerprint density at radius 2 is 0.952 bits per heavy atom. The molecule has 0 saturated heterocycles. The first-order chi connectivity index (χ1) is 19.7. The van der Waals surface area contributed by atoms with Gasteiger partial charge in [0.15, 0.2) is 0 Å². The summed E-state index contributed by atoms with van der Waals surface area (Å²) in [6.07, 6.45) is -0.850. The molecule has 0 saturated carbocycles. The van der Waals surface area contributed by atoms with E-state index in [2.05, 4.69) is 27.7 Å². The summed E-state index contributed by atoms with van der Waals surface area (Å²) in [7, 11) is -4.08. The van der Waals surface area contributed by atoms with Crippen molar-refractivity contribution in [3.05, 3.63) is 119 Å². The SMILES string of the molecule is CC(C)(c1ccc(O)cc1)c1ccc(OC(=O)Oc2ccc(C(C)(C)c3ccc(OCCS(=O)(=O)O)cc3)cc2)cc1. The van der Waals surface area contributed by atoms with Crippen LogP contribution in [0, 0.1) is 0 Å². The largest absolute Gasteiger partial charge is 0.519 e. The molecule has 2 N–H and O–H groups in total. The lowest BCUT2D eigenvalue weighted by molar-refractivity contribution is 0.152. The molecule has 42 heavy (non-hydrogen) atoms. The number of hydrogen-bond donors (Lipinski definition) is 2. The van der Waals surface area contributed by atoms with Crippen molar-refractivity contribution in [2.45, 2.75) is 38.5 Å². The van der Waals surface area contributed by atoms with Gasteiger partial charge >= 0.3 is 6.16 Å². The summed E-state index contributed by atoms with van der Waals surface area (Å²) in [5.41, 5.74) is 3.34. The summed E-state index contributed by atoms with van der Waals surface area (Å²) >= 11 is 0. The van der Waals surface area contributed by atoms with Crippen molar-refractivity contribution in [2.75, 3.05) is 12.4 Å². The summed E-state index contributed by atoms with van der Waals surface area (Å²) in [6, 6.07) is 28.7. The van der Waals surface area contributed by atoms with Gasteiger partial charge < -0.3 is 19.3 Å². The van der Waals surface area contributed by atoms with Gasteiger partial charge in [0.05, 0.1) is 0 Å². The predicted octanol–water partition coefficient (Wildman–Crippen LogP) is 6.89. The number of phenols is 1. The highest BCUT2D eigenvalue weighted by atomic mass is 32.2. The molecule has 0 aliphatic carbocycles. The second-order valence-corrected chi connectivity index (χ2v) is 12.5. The lowest BCUT2D eigenvalue weighted by atomic mass is 9.78. The Balaban J connectivity index is 1.34. The van der Waals surface area contributed by atoms with Crippen LogP contribution in [-0.4, -0.2) is 36.6 Å². The lowest BCUT2D eigenvalue weighted by Crippen LogP contribution is -2.19. The third-order valence-corrected chi connectivity index (χ3v) is 8.01. The molecule has 0 aliphatic heterocycles. The first kappa shape index (κ1) is 30.6. The van der Waals surface area contributed by atoms with Crippen LogP contribution in [0.3, 0.4) is 0 Å². The highest BCUT2D eigenvalue weighted by molar-refractivity contribution is 7.85. The van der Waals surface area contributed by atoms with E-state index < -0.39 is 22.0 Å². The van der Waals surface area contributed by atoms with E-state index in [0.29, 0.717) is 17.2 Å². The van der Waals surface area contributed by atoms with E-state index in [0.717, 1.165) is 22.3 Å². The highest BCUT2D eigenvalue weighted by Crippen LogP contribution is 2.35. The van der Waals surface area contributed by atoms with Crippen LogP contribution in [0.25, 0.3) is 0 Å². The molecule has 0 bridgehead atoms. The molecule has 0 aromatic heterocycles. The summed E-state index contributed by atoms with van der Waals surface area (Å²) in [5, 5.41) is 9.58. The van der Waals surface area contributed by atoms with Crippen LogP contribution in [0.4, 0.5) is 4.79 Å². The normalized spacial score (nSPS) is 12.0. The fraction of sp³-hybridized carbons (Fsp3) is 0.242. The summed E-state index contributed by atoms with van der Waals surface area (Å²) < 4.78 is 46.7. The predicted molar refractivity (Wildman–Crippen MR) is 160 cm³/mol. The second-order valence-electron chi connectivity index (χ2n) is 11.0. The quantitative estimate of drug-likeness (QED) is 0.116. The standard InChI is InChI=1S/C33H34O8S/c1-32(2,23-5-13-27(34)14-6-23)25-9-17-29(18-10-25)40-31(35)41-30-19-11-26(12-20-30)33(3,4)24-7-15-28(16-8-24)39-21-22-42(36,37)38/h5-20,34H,21-22H2,1-4H3,(H,36,37,38). The van der Waals surface area contributed by atoms with Gasteiger partial charge in [-0.25, -0.2) is 4.79 Å². The summed E-state index contributed by atoms with van der Waals surface area (Å²) in [5.74, 6) is 0.928. The van der Waals surface area contributed by atoms with E-state index in [4.69, 9.17) is 18.8 Å². The van der Waals surface area contributed by atoms with E-state index in [1.165, 1.54) is 0 Å². The molecular weight excluding hydrogens is 556 g/mol. The van der Waals surface area contributed by atoms with Crippen LogP contribution in [0.5, 0.6) is 23.0 Å². The van der Waals surface area contributed by atoms with E-state index in [1.807, 2.05) is 48.5 Å². The Hall–Kier alpha value is -4.34. The molecule has 0 aliphatic rings. The molecule has 220 valence electrons. The van der Waals surface area contributed by atoms with Crippen molar-refractivity contribution in [1.29, 1.82) is 0 Å². The van der Waals surface area contributed by atoms with Gasteiger partial charge in [0.25, 0.3) is 10.1 Å². The maximum absolute atomic E-state index is 12.5. The number of carbonyl (C=O) groups is 1. The molecule has 4 aromatic carbocycles. The van der Waals surface area contributed by atoms with Crippen LogP contribution in [0.1, 0.15) is 49.9 Å². The summed E-state index contributed by atoms with van der Waals surface area (Å²) in [4.78, 5) is 12.5. The van der Waals surface area contributed by atoms with E-state index in [9.17, 15) is 18.3 Å². The molecule has 0 atom stereocenters. The molecule has 0 heterocycles. The molecule has 0 amide bonds. The smallest absolute Gasteiger partial charge is 0.508 e. The summed E-state index contributed by atoms with van der Waals surface area (Å²) in [6.45, 7) is 8.12. The molecular formula is C33H34O8S. The lowest BCUT2D eigenvalue weighted by Gasteiger charge is -2.26. The van der Waals surface area contributed by atoms with Crippen molar-refractivity contribution in [1.82, 2.24) is 0 Å². The Bertz CT molecular complexity index is 1610. The zero-order valence-corrected chi connectivity index (χ0v) is 24.7. The minimum absolute atomic E-state index is 0.143. The first-order valence-electron chi connectivity index (χ1n) is 13.3. The fourth-order valence-electron chi connectivity index (χ4n) is 4.54. The zero-order chi connectivity index (χ0) is 30.5. The zero-order valence-electron chi connectivity index (χ0n) is 23.9. The molecule has 4 aromatic rings. The molecule has 0 unspecified atom stereocenters. The number of benzene rings is 4. The van der Waals surface area contributed by atoms with Crippen molar-refractivity contribution < 1.29 is 37.1 Å². The molecule has 8 nitrogen and oxygen atoms in total. The van der Waals surface area contributed by atoms with Crippen molar-refractivity contribution in [3.63, 3.8) is 0 Å². The van der Waals surface area contributed by atoms with Gasteiger partial charge in [-0.2, -0.15) is 8.42 Å². The molecule has 0 spiro atoms. The topological polar surface area (TPSA) is 119 Å². The maximum Gasteiger partial charge on any atom is 0.519 e. The Morgan fingerprint density at radius 3 is 1.31 bits per heavy atom. The number of hydrogen-bond acceptors (Lipinski definition) is 7. The average Bonchev–Trinajstić information content (AvgIpc) is 2.93. The van der Waals surface area contributed by atoms with E-state index >= 15 is 0 Å². The fourth-order valence-corrected chi connectivity index (χ4v) is 4.83. The number of phenolic OH excluding ortho intramolecular Hbond substituents is 1. The molecule has 4 rings (SSSR count). The molecule has 9 heteroatoms. The number of carbonyl (C=O) groups excluding carboxylic acids is 1. The van der Waals surface area contributed by atoms with E-state index in [-0.39, 0.29) is 23.2 Å². The number of rotatable bonds is 10. The first-order valence-corrected chi connectivity index (χ1v) is 14.9. The van der Waals surface area contributed by atoms with Crippen LogP contribution in [0.2, 0.25) is 0 Å². The van der Waals surface area contributed by atoms with Gasteiger partial charge in [0, 0.05) is 10.8 Å². The molecule has 0 fully saturated rings. The minimum Gasteiger partial charge on any atom is -0.508 e. The van der Waals surface area contributed by atoms with Crippen LogP contribution in [-0.2, 0) is 20.9 Å². The van der Waals surface area contributed by atoms with Crippen LogP contribution >= 0.6 is 0 Å². The maximum atomic E-state index is 12.5. The van der Waals surface area contributed by atoms with Crippen molar-refractivity contribution in [3.8, 4) is 23.0 Å². The van der Waals surface area contributed by atoms with Gasteiger partial charge in [-0.1, -0.05) is 76.2 Å². The van der Waals surface area contributed by atoms with Gasteiger partial charge in [0.1, 0.15) is 35.4 Å². The van der Waals surface area contributed by atoms with E-state index in [1.54, 1.807) is 48.5 Å². The minimum atomic E-state index is -4.08. The van der Waals surface area contributed by atoms with Crippen molar-refractivity contribution in [2.24, 2.45) is 0 Å². The second kappa shape index (κ2) is 12.3. The monoisotopic (exact) mass is 590 g/mol. The van der Waals surface area contributed by atoms with Gasteiger partial charge in [-0.05, 0) is 70.8 Å². The Labute approximate surface area is 246 Å². The third-order valence-electron chi connectivity index (χ3n) is 7.33. The third kappa shape index (κ3) is 7.69. The number of ether oxygens (including phenoxy) is 3. The number of aromatic hydroxyl groups is 1. The van der Waals surface area contributed by atoms with Crippen molar-refractivity contribution >= 4 is 16.3 Å².